The molecule has 0 unspecified atom stereocenters. The van der Waals surface area contributed by atoms with E-state index in [1.165, 1.54) is 26.0 Å². The molecule has 1 aromatic carbocycles. The third kappa shape index (κ3) is 7.31. The summed E-state index contributed by atoms with van der Waals surface area (Å²) in [6.45, 7) is 3.37. The van der Waals surface area contributed by atoms with E-state index < -0.39 is 24.4 Å². The lowest BCUT2D eigenvalue weighted by molar-refractivity contribution is -0.153. The quantitative estimate of drug-likeness (QED) is 0.847. The summed E-state index contributed by atoms with van der Waals surface area (Å²) in [5.41, 5.74) is -0.509. The normalized spacial score (nSPS) is 13.6. The van der Waals surface area contributed by atoms with Crippen LogP contribution >= 0.6 is 0 Å². The number of benzene rings is 1. The van der Waals surface area contributed by atoms with E-state index in [0.717, 1.165) is 0 Å². The van der Waals surface area contributed by atoms with E-state index in [9.17, 15) is 23.1 Å². The van der Waals surface area contributed by atoms with Crippen LogP contribution in [0.2, 0.25) is 0 Å². The Kier molecular flexibility index (Phi) is 5.82. The summed E-state index contributed by atoms with van der Waals surface area (Å²) in [7, 11) is 0. The van der Waals surface area contributed by atoms with Gasteiger partial charge in [-0.2, -0.15) is 13.2 Å². The van der Waals surface area contributed by atoms with E-state index in [4.69, 9.17) is 0 Å². The second-order valence-corrected chi connectivity index (χ2v) is 5.75. The first-order valence-electron chi connectivity index (χ1n) is 6.77. The summed E-state index contributed by atoms with van der Waals surface area (Å²) in [6.07, 6.45) is -4.47. The first kappa shape index (κ1) is 18.3. The number of nitrogens with one attached hydrogen (secondary N) is 1. The Balaban J connectivity index is 2.66. The van der Waals surface area contributed by atoms with Crippen LogP contribution in [0.1, 0.15) is 38.8 Å². The van der Waals surface area contributed by atoms with Crippen molar-refractivity contribution in [3.05, 3.63) is 29.8 Å². The Morgan fingerprint density at radius 1 is 1.36 bits per heavy atom. The van der Waals surface area contributed by atoms with Crippen molar-refractivity contribution in [3.63, 3.8) is 0 Å². The SMILES string of the molecule is C[C@H](NC(=O)CC(C)(C)O)c1cccc(OCC(F)(F)F)c1. The van der Waals surface area contributed by atoms with Crippen molar-refractivity contribution in [1.82, 2.24) is 5.32 Å². The molecule has 0 saturated carbocycles. The van der Waals surface area contributed by atoms with Crippen molar-refractivity contribution in [2.45, 2.75) is 45.0 Å². The molecule has 0 aliphatic rings. The van der Waals surface area contributed by atoms with Crippen LogP contribution in [0.25, 0.3) is 0 Å². The van der Waals surface area contributed by atoms with Crippen LogP contribution in [0.5, 0.6) is 5.75 Å². The first-order chi connectivity index (χ1) is 9.96. The van der Waals surface area contributed by atoms with Gasteiger partial charge in [-0.25, -0.2) is 0 Å². The molecule has 7 heteroatoms. The molecule has 0 aromatic heterocycles. The Labute approximate surface area is 127 Å². The lowest BCUT2D eigenvalue weighted by atomic mass is 10.0. The Morgan fingerprint density at radius 3 is 2.55 bits per heavy atom. The van der Waals surface area contributed by atoms with E-state index in [2.05, 4.69) is 10.1 Å². The fourth-order valence-electron chi connectivity index (χ4n) is 1.81. The zero-order valence-electron chi connectivity index (χ0n) is 12.7. The number of carbonyl (C=O) groups excluding carboxylic acids is 1. The molecule has 0 radical (unpaired) electrons. The summed E-state index contributed by atoms with van der Waals surface area (Å²) >= 11 is 0. The van der Waals surface area contributed by atoms with Crippen molar-refractivity contribution in [2.75, 3.05) is 6.61 Å². The molecule has 22 heavy (non-hydrogen) atoms. The van der Waals surface area contributed by atoms with Crippen molar-refractivity contribution in [2.24, 2.45) is 0 Å². The van der Waals surface area contributed by atoms with E-state index in [1.807, 2.05) is 0 Å². The molecule has 124 valence electrons. The molecule has 1 aromatic rings. The predicted octanol–water partition coefficient (Wildman–Crippen LogP) is 2.97. The second kappa shape index (κ2) is 7.00. The summed E-state index contributed by atoms with van der Waals surface area (Å²) in [4.78, 5) is 11.7. The molecule has 0 heterocycles. The van der Waals surface area contributed by atoms with Crippen LogP contribution in [0.15, 0.2) is 24.3 Å². The molecule has 1 rings (SSSR count). The Hall–Kier alpha value is -1.76. The highest BCUT2D eigenvalue weighted by molar-refractivity contribution is 5.77. The van der Waals surface area contributed by atoms with Crippen LogP contribution in [-0.4, -0.2) is 29.4 Å². The smallest absolute Gasteiger partial charge is 0.422 e. The minimum atomic E-state index is -4.40. The van der Waals surface area contributed by atoms with E-state index in [0.29, 0.717) is 5.56 Å². The molecule has 1 atom stereocenters. The van der Waals surface area contributed by atoms with Crippen molar-refractivity contribution in [1.29, 1.82) is 0 Å². The number of aliphatic hydroxyl groups is 1. The van der Waals surface area contributed by atoms with Gasteiger partial charge in [0.1, 0.15) is 5.75 Å². The number of rotatable bonds is 6. The standard InChI is InChI=1S/C15H20F3NO3/c1-10(19-13(20)8-14(2,3)21)11-5-4-6-12(7-11)22-9-15(16,17)18/h4-7,10,21H,8-9H2,1-3H3,(H,19,20)/t10-/m0/s1. The zero-order chi connectivity index (χ0) is 17.0. The summed E-state index contributed by atoms with van der Waals surface area (Å²) in [5, 5.41) is 12.3. The molecule has 0 fully saturated rings. The largest absolute Gasteiger partial charge is 0.484 e. The van der Waals surface area contributed by atoms with Gasteiger partial charge in [0.25, 0.3) is 0 Å². The molecule has 4 nitrogen and oxygen atoms in total. The molecule has 0 aliphatic carbocycles. The maximum Gasteiger partial charge on any atom is 0.422 e. The van der Waals surface area contributed by atoms with Gasteiger partial charge < -0.3 is 15.2 Å². The topological polar surface area (TPSA) is 58.6 Å². The molecular weight excluding hydrogens is 299 g/mol. The summed E-state index contributed by atoms with van der Waals surface area (Å²) in [6, 6.07) is 5.68. The van der Waals surface area contributed by atoms with Crippen molar-refractivity contribution in [3.8, 4) is 5.75 Å². The van der Waals surface area contributed by atoms with E-state index in [1.54, 1.807) is 19.1 Å². The average molecular weight is 319 g/mol. The van der Waals surface area contributed by atoms with Crippen molar-refractivity contribution < 1.29 is 27.8 Å². The average Bonchev–Trinajstić information content (AvgIpc) is 2.33. The minimum Gasteiger partial charge on any atom is -0.484 e. The number of hydrogen-bond donors (Lipinski definition) is 2. The number of alkyl halides is 3. The van der Waals surface area contributed by atoms with Crippen LogP contribution in [0, 0.1) is 0 Å². The van der Waals surface area contributed by atoms with E-state index >= 15 is 0 Å². The molecule has 0 saturated heterocycles. The zero-order valence-corrected chi connectivity index (χ0v) is 12.7. The third-order valence-corrected chi connectivity index (χ3v) is 2.73. The van der Waals surface area contributed by atoms with Gasteiger partial charge in [0.2, 0.25) is 5.91 Å². The maximum atomic E-state index is 12.1. The minimum absolute atomic E-state index is 0.0679. The lowest BCUT2D eigenvalue weighted by Crippen LogP contribution is -2.33. The number of ether oxygens (including phenoxy) is 1. The maximum absolute atomic E-state index is 12.1. The molecule has 1 amide bonds. The van der Waals surface area contributed by atoms with Crippen LogP contribution in [-0.2, 0) is 4.79 Å². The second-order valence-electron chi connectivity index (χ2n) is 5.75. The summed E-state index contributed by atoms with van der Waals surface area (Å²) < 4.78 is 41.0. The third-order valence-electron chi connectivity index (χ3n) is 2.73. The Morgan fingerprint density at radius 2 is 2.00 bits per heavy atom. The summed E-state index contributed by atoms with van der Waals surface area (Å²) in [5.74, 6) is -0.264. The number of amides is 1. The molecule has 0 bridgehead atoms. The molecular formula is C15H20F3NO3. The van der Waals surface area contributed by atoms with Crippen LogP contribution < -0.4 is 10.1 Å². The Bertz CT molecular complexity index is 509. The van der Waals surface area contributed by atoms with Gasteiger partial charge >= 0.3 is 6.18 Å². The van der Waals surface area contributed by atoms with Crippen molar-refractivity contribution >= 4 is 5.91 Å². The van der Waals surface area contributed by atoms with Gasteiger partial charge in [-0.15, -0.1) is 0 Å². The van der Waals surface area contributed by atoms with Gasteiger partial charge in [0, 0.05) is 0 Å². The lowest BCUT2D eigenvalue weighted by Gasteiger charge is -2.20. The van der Waals surface area contributed by atoms with Gasteiger partial charge in [0.15, 0.2) is 6.61 Å². The van der Waals surface area contributed by atoms with Gasteiger partial charge in [-0.3, -0.25) is 4.79 Å². The monoisotopic (exact) mass is 319 g/mol. The highest BCUT2D eigenvalue weighted by Crippen LogP contribution is 2.22. The predicted molar refractivity (Wildman–Crippen MR) is 75.5 cm³/mol. The molecule has 0 spiro atoms. The van der Waals surface area contributed by atoms with Gasteiger partial charge in [-0.1, -0.05) is 12.1 Å². The molecule has 2 N–H and O–H groups in total. The molecule has 0 aliphatic heterocycles. The highest BCUT2D eigenvalue weighted by Gasteiger charge is 2.28. The fourth-order valence-corrected chi connectivity index (χ4v) is 1.81. The van der Waals surface area contributed by atoms with Gasteiger partial charge in [-0.05, 0) is 38.5 Å². The number of hydrogen-bond acceptors (Lipinski definition) is 3. The van der Waals surface area contributed by atoms with Crippen LogP contribution in [0.4, 0.5) is 13.2 Å². The number of carbonyl (C=O) groups is 1. The highest BCUT2D eigenvalue weighted by atomic mass is 19.4. The first-order valence-corrected chi connectivity index (χ1v) is 6.77. The van der Waals surface area contributed by atoms with Gasteiger partial charge in [0.05, 0.1) is 18.1 Å². The fraction of sp³-hybridized carbons (Fsp3) is 0.533. The van der Waals surface area contributed by atoms with Crippen LogP contribution in [0.3, 0.4) is 0 Å². The van der Waals surface area contributed by atoms with E-state index in [-0.39, 0.29) is 18.1 Å². The number of halogens is 3.